The number of nitrogens with zero attached hydrogens (tertiary/aromatic N) is 5. The number of nitriles is 2. The van der Waals surface area contributed by atoms with E-state index < -0.39 is 0 Å². The molecule has 3 aromatic heterocycles. The van der Waals surface area contributed by atoms with Gasteiger partial charge in [-0.3, -0.25) is 0 Å². The second-order valence-corrected chi connectivity index (χ2v) is 14.0. The zero-order valence-corrected chi connectivity index (χ0v) is 29.5. The molecule has 254 valence electrons. The van der Waals surface area contributed by atoms with Gasteiger partial charge in [0.25, 0.3) is 0 Å². The van der Waals surface area contributed by atoms with Crippen LogP contribution >= 0.6 is 0 Å². The molecule has 55 heavy (non-hydrogen) atoms. The molecule has 0 amide bonds. The molecule has 0 aliphatic heterocycles. The Balaban J connectivity index is 1.17. The fourth-order valence-electron chi connectivity index (χ4n) is 8.81. The molecular weight excluding hydrogens is 671 g/mol. The molecule has 0 spiro atoms. The van der Waals surface area contributed by atoms with Gasteiger partial charge in [-0.25, -0.2) is 0 Å². The first kappa shape index (κ1) is 30.7. The molecule has 5 heteroatoms. The quantitative estimate of drug-likeness (QED) is 0.184. The minimum atomic E-state index is 0.611. The highest BCUT2D eigenvalue weighted by Gasteiger charge is 2.22. The lowest BCUT2D eigenvalue weighted by Gasteiger charge is -2.17. The van der Waals surface area contributed by atoms with Crippen LogP contribution in [0.25, 0.3) is 93.6 Å². The number of para-hydroxylation sites is 6. The largest absolute Gasteiger partial charge is 0.307 e. The third-order valence-corrected chi connectivity index (χ3v) is 11.1. The van der Waals surface area contributed by atoms with E-state index in [9.17, 15) is 10.5 Å². The molecule has 0 N–H and O–H groups in total. The Morgan fingerprint density at radius 1 is 0.382 bits per heavy atom. The van der Waals surface area contributed by atoms with E-state index in [1.165, 1.54) is 10.8 Å². The predicted molar refractivity (Wildman–Crippen MR) is 224 cm³/mol. The monoisotopic (exact) mass is 699 g/mol. The van der Waals surface area contributed by atoms with Crippen LogP contribution in [0.5, 0.6) is 0 Å². The molecule has 0 bridgehead atoms. The number of hydrogen-bond donors (Lipinski definition) is 0. The van der Waals surface area contributed by atoms with E-state index in [-0.39, 0.29) is 0 Å². The van der Waals surface area contributed by atoms with E-state index in [0.717, 1.165) is 82.8 Å². The summed E-state index contributed by atoms with van der Waals surface area (Å²) in [6, 6.07) is 65.9. The summed E-state index contributed by atoms with van der Waals surface area (Å²) in [5.41, 5.74) is 12.6. The van der Waals surface area contributed by atoms with Crippen LogP contribution in [0, 0.1) is 22.7 Å². The molecule has 0 fully saturated rings. The first-order valence-electron chi connectivity index (χ1n) is 18.3. The second kappa shape index (κ2) is 11.8. The van der Waals surface area contributed by atoms with Gasteiger partial charge >= 0.3 is 0 Å². The molecule has 11 rings (SSSR count). The molecule has 0 radical (unpaired) electrons. The van der Waals surface area contributed by atoms with Crippen molar-refractivity contribution in [3.05, 3.63) is 187 Å². The molecule has 8 aromatic carbocycles. The number of hydrogen-bond acceptors (Lipinski definition) is 2. The van der Waals surface area contributed by atoms with Gasteiger partial charge in [0.1, 0.15) is 6.07 Å². The molecule has 0 unspecified atom stereocenters. The SMILES string of the molecule is N#Cc1ccc2c(c1)c1cccc(-n3c4ccccc4c4ccccc43)c1n2-c1ccc(-c2cccc(C#N)c2-n2c3ccccc3c3ccccc32)cc1. The smallest absolute Gasteiger partial charge is 0.101 e. The Kier molecular flexibility index (Phi) is 6.61. The van der Waals surface area contributed by atoms with Gasteiger partial charge < -0.3 is 13.7 Å². The first-order chi connectivity index (χ1) is 27.2. The Morgan fingerprint density at radius 2 is 0.909 bits per heavy atom. The summed E-state index contributed by atoms with van der Waals surface area (Å²) in [4.78, 5) is 0. The van der Waals surface area contributed by atoms with Crippen molar-refractivity contribution in [2.24, 2.45) is 0 Å². The average molecular weight is 700 g/mol. The number of aromatic nitrogens is 3. The van der Waals surface area contributed by atoms with E-state index >= 15 is 0 Å². The predicted octanol–water partition coefficient (Wildman–Crippen LogP) is 12.4. The van der Waals surface area contributed by atoms with Crippen LogP contribution in [-0.2, 0) is 0 Å². The van der Waals surface area contributed by atoms with Crippen LogP contribution in [0.3, 0.4) is 0 Å². The fraction of sp³-hybridized carbons (Fsp3) is 0. The highest BCUT2D eigenvalue weighted by molar-refractivity contribution is 6.15. The number of benzene rings is 8. The van der Waals surface area contributed by atoms with Crippen molar-refractivity contribution in [1.82, 2.24) is 13.7 Å². The van der Waals surface area contributed by atoms with Gasteiger partial charge in [-0.15, -0.1) is 0 Å². The Bertz CT molecular complexity index is 3350. The van der Waals surface area contributed by atoms with Crippen LogP contribution in [0.1, 0.15) is 11.1 Å². The van der Waals surface area contributed by atoms with Crippen molar-refractivity contribution in [3.63, 3.8) is 0 Å². The second-order valence-electron chi connectivity index (χ2n) is 14.0. The van der Waals surface area contributed by atoms with Crippen molar-refractivity contribution in [3.8, 4) is 40.3 Å². The van der Waals surface area contributed by atoms with Gasteiger partial charge in [0.15, 0.2) is 0 Å². The minimum Gasteiger partial charge on any atom is -0.307 e. The summed E-state index contributed by atoms with van der Waals surface area (Å²) in [5.74, 6) is 0. The lowest BCUT2D eigenvalue weighted by atomic mass is 9.99. The molecule has 0 saturated carbocycles. The average Bonchev–Trinajstić information content (AvgIpc) is 3.89. The lowest BCUT2D eigenvalue weighted by Crippen LogP contribution is -2.02. The van der Waals surface area contributed by atoms with E-state index in [4.69, 9.17) is 0 Å². The molecule has 3 heterocycles. The summed E-state index contributed by atoms with van der Waals surface area (Å²) in [5, 5.41) is 27.2. The van der Waals surface area contributed by atoms with Crippen LogP contribution in [0.15, 0.2) is 176 Å². The standard InChI is InChI=1S/C50H29N5/c51-30-32-23-28-47-42(29-32)41-17-10-22-48(54-43-18-5-1-12-37(43)38-13-2-6-19-44(38)54)50(41)53(47)35-26-24-33(25-27-35)36-16-9-11-34(31-52)49(36)55-45-20-7-3-14-39(45)40-15-4-8-21-46(40)55/h1-29H. The maximum atomic E-state index is 10.5. The van der Waals surface area contributed by atoms with Gasteiger partial charge in [-0.1, -0.05) is 109 Å². The number of rotatable bonds is 4. The van der Waals surface area contributed by atoms with E-state index in [0.29, 0.717) is 11.1 Å². The fourth-order valence-corrected chi connectivity index (χ4v) is 8.81. The summed E-state index contributed by atoms with van der Waals surface area (Å²) in [6.45, 7) is 0. The molecular formula is C50H29N5. The summed E-state index contributed by atoms with van der Waals surface area (Å²) in [7, 11) is 0. The van der Waals surface area contributed by atoms with Gasteiger partial charge in [-0.05, 0) is 72.3 Å². The topological polar surface area (TPSA) is 62.4 Å². The minimum absolute atomic E-state index is 0.611. The molecule has 0 atom stereocenters. The van der Waals surface area contributed by atoms with Crippen molar-refractivity contribution in [2.75, 3.05) is 0 Å². The van der Waals surface area contributed by atoms with Crippen LogP contribution in [-0.4, -0.2) is 13.7 Å². The van der Waals surface area contributed by atoms with Gasteiger partial charge in [0, 0.05) is 43.6 Å². The van der Waals surface area contributed by atoms with Crippen molar-refractivity contribution < 1.29 is 0 Å². The van der Waals surface area contributed by atoms with Crippen molar-refractivity contribution in [2.45, 2.75) is 0 Å². The van der Waals surface area contributed by atoms with Crippen LogP contribution in [0.4, 0.5) is 0 Å². The molecule has 0 saturated heterocycles. The van der Waals surface area contributed by atoms with Crippen LogP contribution in [0.2, 0.25) is 0 Å². The Morgan fingerprint density at radius 3 is 1.49 bits per heavy atom. The van der Waals surface area contributed by atoms with Gasteiger partial charge in [-0.2, -0.15) is 10.5 Å². The van der Waals surface area contributed by atoms with Crippen molar-refractivity contribution >= 4 is 65.4 Å². The summed E-state index contributed by atoms with van der Waals surface area (Å²) < 4.78 is 6.94. The molecule has 11 aromatic rings. The maximum absolute atomic E-state index is 10.5. The van der Waals surface area contributed by atoms with E-state index in [2.05, 4.69) is 177 Å². The molecule has 0 aliphatic rings. The van der Waals surface area contributed by atoms with E-state index in [1.54, 1.807) is 0 Å². The Hall–Kier alpha value is -7.86. The zero-order chi connectivity index (χ0) is 36.6. The lowest BCUT2D eigenvalue weighted by molar-refractivity contribution is 1.13. The Labute approximate surface area is 316 Å². The highest BCUT2D eigenvalue weighted by atomic mass is 15.1. The maximum Gasteiger partial charge on any atom is 0.101 e. The van der Waals surface area contributed by atoms with Gasteiger partial charge in [0.05, 0.1) is 61.7 Å². The van der Waals surface area contributed by atoms with E-state index in [1.807, 2.05) is 24.3 Å². The third kappa shape index (κ3) is 4.39. The first-order valence-corrected chi connectivity index (χ1v) is 18.3. The van der Waals surface area contributed by atoms with Gasteiger partial charge in [0.2, 0.25) is 0 Å². The van der Waals surface area contributed by atoms with Crippen molar-refractivity contribution in [1.29, 1.82) is 10.5 Å². The molecule has 5 nitrogen and oxygen atoms in total. The summed E-state index contributed by atoms with van der Waals surface area (Å²) >= 11 is 0. The number of fused-ring (bicyclic) bond motifs is 9. The third-order valence-electron chi connectivity index (χ3n) is 11.1. The van der Waals surface area contributed by atoms with Crippen LogP contribution < -0.4 is 0 Å². The zero-order valence-electron chi connectivity index (χ0n) is 29.5. The normalized spacial score (nSPS) is 11.6. The summed E-state index contributed by atoms with van der Waals surface area (Å²) in [6.07, 6.45) is 0. The highest BCUT2D eigenvalue weighted by Crippen LogP contribution is 2.41. The molecule has 0 aliphatic carbocycles.